The maximum Gasteiger partial charge on any atom is 0.264 e. The van der Waals surface area contributed by atoms with E-state index < -0.39 is 22.5 Å². The summed E-state index contributed by atoms with van der Waals surface area (Å²) in [6, 6.07) is 19.4. The first-order valence-corrected chi connectivity index (χ1v) is 12.6. The summed E-state index contributed by atoms with van der Waals surface area (Å²) in [6.45, 7) is 2.50. The van der Waals surface area contributed by atoms with Crippen LogP contribution in [0, 0.1) is 0 Å². The predicted molar refractivity (Wildman–Crippen MR) is 142 cm³/mol. The van der Waals surface area contributed by atoms with E-state index in [9.17, 15) is 18.0 Å². The lowest BCUT2D eigenvalue weighted by Crippen LogP contribution is -2.40. The van der Waals surface area contributed by atoms with E-state index in [-0.39, 0.29) is 22.2 Å². The predicted octanol–water partition coefficient (Wildman–Crippen LogP) is 3.40. The first-order valence-electron chi connectivity index (χ1n) is 11.2. The molecule has 0 radical (unpaired) electrons. The number of nitrogens with one attached hydrogen (secondary N) is 2. The maximum atomic E-state index is 13.6. The first kappa shape index (κ1) is 27.2. The van der Waals surface area contributed by atoms with E-state index in [0.717, 1.165) is 4.31 Å². The topological polar surface area (TPSA) is 126 Å². The van der Waals surface area contributed by atoms with Crippen molar-refractivity contribution in [1.82, 2.24) is 5.43 Å². The minimum absolute atomic E-state index is 0.00198. The summed E-state index contributed by atoms with van der Waals surface area (Å²) >= 11 is 0. The monoisotopic (exact) mass is 524 g/mol. The van der Waals surface area contributed by atoms with E-state index in [1.165, 1.54) is 39.3 Å². The number of anilines is 2. The van der Waals surface area contributed by atoms with Crippen molar-refractivity contribution in [2.75, 3.05) is 30.4 Å². The number of carbonyl (C=O) groups excluding carboxylic acids is 2. The molecule has 3 aromatic carbocycles. The Labute approximate surface area is 216 Å². The molecule has 0 unspecified atom stereocenters. The molecule has 10 nitrogen and oxygen atoms in total. The molecular formula is C26H28N4O6S. The van der Waals surface area contributed by atoms with Gasteiger partial charge in [0.1, 0.15) is 18.0 Å². The lowest BCUT2D eigenvalue weighted by Gasteiger charge is -2.25. The minimum atomic E-state index is -4.17. The highest BCUT2D eigenvalue weighted by Crippen LogP contribution is 2.35. The van der Waals surface area contributed by atoms with Crippen LogP contribution in [0.3, 0.4) is 0 Å². The molecule has 11 heteroatoms. The Kier molecular flexibility index (Phi) is 8.86. The number of rotatable bonds is 10. The maximum absolute atomic E-state index is 13.6. The number of sulfonamides is 1. The normalized spacial score (nSPS) is 11.4. The number of hydrogen-bond acceptors (Lipinski definition) is 7. The van der Waals surface area contributed by atoms with Crippen molar-refractivity contribution in [2.24, 2.45) is 5.10 Å². The summed E-state index contributed by atoms with van der Waals surface area (Å²) in [5.41, 5.74) is 4.24. The number of benzene rings is 3. The molecule has 0 saturated heterocycles. The minimum Gasteiger partial charge on any atom is -0.497 e. The second kappa shape index (κ2) is 12.0. The second-order valence-electron chi connectivity index (χ2n) is 7.86. The largest absolute Gasteiger partial charge is 0.497 e. The van der Waals surface area contributed by atoms with Crippen LogP contribution < -0.4 is 24.5 Å². The zero-order valence-corrected chi connectivity index (χ0v) is 21.7. The van der Waals surface area contributed by atoms with Crippen LogP contribution in [0.1, 0.15) is 19.4 Å². The van der Waals surface area contributed by atoms with E-state index in [2.05, 4.69) is 15.8 Å². The van der Waals surface area contributed by atoms with Gasteiger partial charge >= 0.3 is 0 Å². The summed E-state index contributed by atoms with van der Waals surface area (Å²) in [4.78, 5) is 24.3. The van der Waals surface area contributed by atoms with Crippen LogP contribution in [0.25, 0.3) is 0 Å². The SMILES string of the molecule is COc1ccc(OC)c(N(CC(=O)N/N=C(/C)c2cccc(NC(C)=O)c2)S(=O)(=O)c2ccccc2)c1. The average Bonchev–Trinajstić information content (AvgIpc) is 2.90. The number of ether oxygens (including phenoxy) is 2. The molecule has 0 aliphatic carbocycles. The molecule has 194 valence electrons. The van der Waals surface area contributed by atoms with Gasteiger partial charge in [0.15, 0.2) is 0 Å². The molecule has 3 aromatic rings. The highest BCUT2D eigenvalue weighted by atomic mass is 32.2. The number of hydrazone groups is 1. The van der Waals surface area contributed by atoms with E-state index in [1.54, 1.807) is 61.5 Å². The van der Waals surface area contributed by atoms with Crippen molar-refractivity contribution in [2.45, 2.75) is 18.7 Å². The highest BCUT2D eigenvalue weighted by Gasteiger charge is 2.30. The molecule has 0 spiro atoms. The van der Waals surface area contributed by atoms with Crippen molar-refractivity contribution in [3.63, 3.8) is 0 Å². The summed E-state index contributed by atoms with van der Waals surface area (Å²) in [7, 11) is -1.31. The fourth-order valence-corrected chi connectivity index (χ4v) is 4.86. The van der Waals surface area contributed by atoms with E-state index in [0.29, 0.717) is 22.7 Å². The summed E-state index contributed by atoms with van der Waals surface area (Å²) in [5, 5.41) is 6.80. The van der Waals surface area contributed by atoms with Crippen LogP contribution in [-0.4, -0.2) is 46.7 Å². The number of nitrogens with zero attached hydrogens (tertiary/aromatic N) is 2. The highest BCUT2D eigenvalue weighted by molar-refractivity contribution is 7.92. The van der Waals surface area contributed by atoms with Gasteiger partial charge in [0.25, 0.3) is 15.9 Å². The Morgan fingerprint density at radius 1 is 0.919 bits per heavy atom. The van der Waals surface area contributed by atoms with Gasteiger partial charge in [0, 0.05) is 18.7 Å². The van der Waals surface area contributed by atoms with Crippen molar-refractivity contribution >= 4 is 38.9 Å². The third-order valence-corrected chi connectivity index (χ3v) is 7.00. The Morgan fingerprint density at radius 2 is 1.65 bits per heavy atom. The van der Waals surface area contributed by atoms with Gasteiger partial charge in [0.2, 0.25) is 5.91 Å². The Hall–Kier alpha value is -4.38. The molecule has 3 rings (SSSR count). The molecule has 0 fully saturated rings. The van der Waals surface area contributed by atoms with E-state index >= 15 is 0 Å². The van der Waals surface area contributed by atoms with Crippen molar-refractivity contribution < 1.29 is 27.5 Å². The van der Waals surface area contributed by atoms with Crippen LogP contribution in [0.4, 0.5) is 11.4 Å². The number of hydrogen-bond donors (Lipinski definition) is 2. The first-order chi connectivity index (χ1) is 17.6. The zero-order valence-electron chi connectivity index (χ0n) is 20.9. The molecule has 0 aliphatic heterocycles. The molecular weight excluding hydrogens is 496 g/mol. The summed E-state index contributed by atoms with van der Waals surface area (Å²) < 4.78 is 38.8. The van der Waals surface area contributed by atoms with Crippen LogP contribution in [0.5, 0.6) is 11.5 Å². The van der Waals surface area contributed by atoms with Crippen molar-refractivity contribution in [3.05, 3.63) is 78.4 Å². The van der Waals surface area contributed by atoms with E-state index in [4.69, 9.17) is 9.47 Å². The smallest absolute Gasteiger partial charge is 0.264 e. The molecule has 0 bridgehead atoms. The van der Waals surface area contributed by atoms with Gasteiger partial charge in [0.05, 0.1) is 30.5 Å². The standard InChI is InChI=1S/C26H28N4O6S/c1-18(20-9-8-10-21(15-20)27-19(2)31)28-29-26(32)17-30(37(33,34)23-11-6-5-7-12-23)24-16-22(35-3)13-14-25(24)36-4/h5-16H,17H2,1-4H3,(H,27,31)(H,29,32)/b28-18-. The molecule has 2 N–H and O–H groups in total. The zero-order chi connectivity index (χ0) is 27.0. The molecule has 2 amide bonds. The van der Waals surface area contributed by atoms with Crippen LogP contribution in [0.15, 0.2) is 82.8 Å². The fourth-order valence-electron chi connectivity index (χ4n) is 3.41. The summed E-state index contributed by atoms with van der Waals surface area (Å²) in [5.74, 6) is -0.269. The number of amides is 2. The average molecular weight is 525 g/mol. The van der Waals surface area contributed by atoms with Gasteiger partial charge in [-0.3, -0.25) is 13.9 Å². The number of carbonyl (C=O) groups is 2. The lowest BCUT2D eigenvalue weighted by molar-refractivity contribution is -0.119. The third-order valence-electron chi connectivity index (χ3n) is 5.22. The molecule has 0 aliphatic rings. The van der Waals surface area contributed by atoms with Gasteiger partial charge < -0.3 is 14.8 Å². The van der Waals surface area contributed by atoms with Gasteiger partial charge in [-0.1, -0.05) is 30.3 Å². The number of methoxy groups -OCH3 is 2. The molecule has 0 heterocycles. The van der Waals surface area contributed by atoms with Crippen molar-refractivity contribution in [3.8, 4) is 11.5 Å². The third kappa shape index (κ3) is 6.85. The van der Waals surface area contributed by atoms with Gasteiger partial charge in [-0.05, 0) is 48.9 Å². The van der Waals surface area contributed by atoms with Gasteiger partial charge in [-0.2, -0.15) is 5.10 Å². The quantitative estimate of drug-likeness (QED) is 0.309. The Bertz CT molecular complexity index is 1410. The van der Waals surface area contributed by atoms with Crippen molar-refractivity contribution in [1.29, 1.82) is 0 Å². The van der Waals surface area contributed by atoms with Crippen LogP contribution >= 0.6 is 0 Å². The van der Waals surface area contributed by atoms with E-state index in [1.807, 2.05) is 0 Å². The van der Waals surface area contributed by atoms with Gasteiger partial charge in [-0.15, -0.1) is 0 Å². The molecule has 0 atom stereocenters. The fraction of sp³-hybridized carbons (Fsp3) is 0.192. The molecule has 37 heavy (non-hydrogen) atoms. The molecule has 0 aromatic heterocycles. The second-order valence-corrected chi connectivity index (χ2v) is 9.72. The Morgan fingerprint density at radius 3 is 2.30 bits per heavy atom. The summed E-state index contributed by atoms with van der Waals surface area (Å²) in [6.07, 6.45) is 0. The van der Waals surface area contributed by atoms with Gasteiger partial charge in [-0.25, -0.2) is 13.8 Å². The lowest BCUT2D eigenvalue weighted by atomic mass is 10.1. The molecule has 0 saturated carbocycles. The Balaban J connectivity index is 1.92. The van der Waals surface area contributed by atoms with Crippen LogP contribution in [-0.2, 0) is 19.6 Å². The van der Waals surface area contributed by atoms with Crippen LogP contribution in [0.2, 0.25) is 0 Å².